The van der Waals surface area contributed by atoms with Gasteiger partial charge in [-0.25, -0.2) is 0 Å². The lowest BCUT2D eigenvalue weighted by atomic mass is 10.0. The van der Waals surface area contributed by atoms with Crippen molar-refractivity contribution < 1.29 is 9.84 Å². The highest BCUT2D eigenvalue weighted by Gasteiger charge is 2.16. The van der Waals surface area contributed by atoms with E-state index in [1.165, 1.54) is 0 Å². The molecule has 4 heteroatoms. The van der Waals surface area contributed by atoms with Crippen LogP contribution in [0.25, 0.3) is 0 Å². The summed E-state index contributed by atoms with van der Waals surface area (Å²) in [5, 5.41) is 13.6. The van der Waals surface area contributed by atoms with E-state index in [4.69, 9.17) is 4.74 Å². The summed E-state index contributed by atoms with van der Waals surface area (Å²) in [4.78, 5) is 2.26. The maximum Gasteiger partial charge on any atom is 0.124 e. The zero-order chi connectivity index (χ0) is 16.0. The van der Waals surface area contributed by atoms with Gasteiger partial charge in [-0.05, 0) is 39.4 Å². The lowest BCUT2D eigenvalue weighted by Crippen LogP contribution is -2.39. The molecule has 0 saturated heterocycles. The highest BCUT2D eigenvalue weighted by atomic mass is 16.5. The van der Waals surface area contributed by atoms with Crippen molar-refractivity contribution in [3.63, 3.8) is 0 Å². The summed E-state index contributed by atoms with van der Waals surface area (Å²) in [5.74, 6) is 1.62. The first-order valence-corrected chi connectivity index (χ1v) is 7.61. The molecule has 0 aliphatic heterocycles. The lowest BCUT2D eigenvalue weighted by molar-refractivity contribution is 0.241. The second kappa shape index (κ2) is 8.25. The second-order valence-electron chi connectivity index (χ2n) is 6.30. The van der Waals surface area contributed by atoms with Gasteiger partial charge in [0.15, 0.2) is 0 Å². The minimum Gasteiger partial charge on any atom is -0.507 e. The van der Waals surface area contributed by atoms with Crippen molar-refractivity contribution in [2.45, 2.75) is 39.3 Å². The Morgan fingerprint density at radius 1 is 1.24 bits per heavy atom. The van der Waals surface area contributed by atoms with Crippen LogP contribution in [0.4, 0.5) is 0 Å². The Morgan fingerprint density at radius 3 is 2.38 bits per heavy atom. The van der Waals surface area contributed by atoms with Crippen molar-refractivity contribution in [1.82, 2.24) is 10.2 Å². The average Bonchev–Trinajstić information content (AvgIpc) is 2.42. The fraction of sp³-hybridized carbons (Fsp3) is 0.647. The van der Waals surface area contributed by atoms with Crippen molar-refractivity contribution in [3.8, 4) is 11.5 Å². The molecule has 1 rings (SSSR count). The Balaban J connectivity index is 2.65. The minimum atomic E-state index is 0.102. The largest absolute Gasteiger partial charge is 0.507 e. The number of hydrogen-bond acceptors (Lipinski definition) is 4. The standard InChI is InChI=1S/C17H30N2O2/c1-12(2)9-14(19(4)5)11-18-13(3)16-8-7-15(21-6)10-17(16)20/h7-8,10,12-14,18,20H,9,11H2,1-6H3. The van der Waals surface area contributed by atoms with Crippen LogP contribution in [0, 0.1) is 5.92 Å². The third kappa shape index (κ3) is 5.56. The third-order valence-electron chi connectivity index (χ3n) is 3.84. The van der Waals surface area contributed by atoms with E-state index in [2.05, 4.69) is 45.1 Å². The Bertz CT molecular complexity index is 433. The van der Waals surface area contributed by atoms with Crippen LogP contribution in [0.1, 0.15) is 38.8 Å². The molecular weight excluding hydrogens is 264 g/mol. The van der Waals surface area contributed by atoms with Crippen molar-refractivity contribution in [2.24, 2.45) is 5.92 Å². The summed E-state index contributed by atoms with van der Waals surface area (Å²) in [6.07, 6.45) is 1.15. The van der Waals surface area contributed by atoms with E-state index < -0.39 is 0 Å². The van der Waals surface area contributed by atoms with Crippen LogP contribution >= 0.6 is 0 Å². The van der Waals surface area contributed by atoms with E-state index in [1.54, 1.807) is 13.2 Å². The number of phenols is 1. The van der Waals surface area contributed by atoms with Crippen LogP contribution in [0.15, 0.2) is 18.2 Å². The number of nitrogens with one attached hydrogen (secondary N) is 1. The zero-order valence-electron chi connectivity index (χ0n) is 14.2. The number of nitrogens with zero attached hydrogens (tertiary/aromatic N) is 1. The second-order valence-corrected chi connectivity index (χ2v) is 6.30. The Kier molecular flexibility index (Phi) is 6.99. The normalized spacial score (nSPS) is 14.5. The molecule has 0 saturated carbocycles. The number of phenolic OH excluding ortho intramolecular Hbond substituents is 1. The monoisotopic (exact) mass is 294 g/mol. The highest BCUT2D eigenvalue weighted by molar-refractivity contribution is 5.41. The van der Waals surface area contributed by atoms with Gasteiger partial charge in [0.2, 0.25) is 0 Å². The minimum absolute atomic E-state index is 0.102. The van der Waals surface area contributed by atoms with E-state index in [0.717, 1.165) is 18.5 Å². The summed E-state index contributed by atoms with van der Waals surface area (Å²) >= 11 is 0. The highest BCUT2D eigenvalue weighted by Crippen LogP contribution is 2.28. The molecule has 2 atom stereocenters. The first-order valence-electron chi connectivity index (χ1n) is 7.61. The fourth-order valence-electron chi connectivity index (χ4n) is 2.46. The summed E-state index contributed by atoms with van der Waals surface area (Å²) in [7, 11) is 5.83. The molecule has 0 aliphatic carbocycles. The molecule has 0 radical (unpaired) electrons. The number of methoxy groups -OCH3 is 1. The number of hydrogen-bond donors (Lipinski definition) is 2. The van der Waals surface area contributed by atoms with Crippen molar-refractivity contribution in [1.29, 1.82) is 0 Å². The van der Waals surface area contributed by atoms with Crippen LogP contribution in [-0.2, 0) is 0 Å². The van der Waals surface area contributed by atoms with Gasteiger partial charge < -0.3 is 20.1 Å². The lowest BCUT2D eigenvalue weighted by Gasteiger charge is -2.28. The molecule has 21 heavy (non-hydrogen) atoms. The van der Waals surface area contributed by atoms with E-state index in [0.29, 0.717) is 17.7 Å². The van der Waals surface area contributed by atoms with Gasteiger partial charge in [0.1, 0.15) is 11.5 Å². The number of likely N-dealkylation sites (N-methyl/N-ethyl adjacent to an activating group) is 1. The van der Waals surface area contributed by atoms with Crippen LogP contribution in [0.2, 0.25) is 0 Å². The average molecular weight is 294 g/mol. The first-order chi connectivity index (χ1) is 9.85. The maximum atomic E-state index is 10.1. The summed E-state index contributed by atoms with van der Waals surface area (Å²) in [6, 6.07) is 6.05. The molecule has 0 aliphatic rings. The van der Waals surface area contributed by atoms with Gasteiger partial charge in [0.25, 0.3) is 0 Å². The molecule has 4 nitrogen and oxygen atoms in total. The fourth-order valence-corrected chi connectivity index (χ4v) is 2.46. The first kappa shape index (κ1) is 17.8. The van der Waals surface area contributed by atoms with Crippen molar-refractivity contribution in [3.05, 3.63) is 23.8 Å². The molecule has 0 fully saturated rings. The molecule has 0 spiro atoms. The molecule has 0 bridgehead atoms. The topological polar surface area (TPSA) is 44.7 Å². The summed E-state index contributed by atoms with van der Waals surface area (Å²) in [5.41, 5.74) is 0.901. The number of aromatic hydroxyl groups is 1. The molecule has 2 N–H and O–H groups in total. The predicted molar refractivity (Wildman–Crippen MR) is 88.0 cm³/mol. The molecule has 120 valence electrons. The van der Waals surface area contributed by atoms with Gasteiger partial charge in [0, 0.05) is 30.3 Å². The number of ether oxygens (including phenoxy) is 1. The zero-order valence-corrected chi connectivity index (χ0v) is 14.2. The third-order valence-corrected chi connectivity index (χ3v) is 3.84. The number of rotatable bonds is 8. The van der Waals surface area contributed by atoms with E-state index in [9.17, 15) is 5.11 Å². The molecule has 0 heterocycles. The molecule has 0 aromatic heterocycles. The number of benzene rings is 1. The van der Waals surface area contributed by atoms with Gasteiger partial charge in [-0.2, -0.15) is 0 Å². The van der Waals surface area contributed by atoms with Crippen LogP contribution < -0.4 is 10.1 Å². The van der Waals surface area contributed by atoms with E-state index in [-0.39, 0.29) is 11.8 Å². The molecular formula is C17H30N2O2. The maximum absolute atomic E-state index is 10.1. The summed E-state index contributed by atoms with van der Waals surface area (Å²) < 4.78 is 5.12. The van der Waals surface area contributed by atoms with Gasteiger partial charge >= 0.3 is 0 Å². The Morgan fingerprint density at radius 2 is 1.90 bits per heavy atom. The van der Waals surface area contributed by atoms with Crippen molar-refractivity contribution >= 4 is 0 Å². The van der Waals surface area contributed by atoms with Gasteiger partial charge in [0.05, 0.1) is 7.11 Å². The molecule has 1 aromatic rings. The predicted octanol–water partition coefficient (Wildman–Crippen LogP) is 3.03. The molecule has 0 amide bonds. The Labute approximate surface area is 129 Å². The van der Waals surface area contributed by atoms with Crippen LogP contribution in [0.5, 0.6) is 11.5 Å². The smallest absolute Gasteiger partial charge is 0.124 e. The van der Waals surface area contributed by atoms with E-state index in [1.807, 2.05) is 12.1 Å². The van der Waals surface area contributed by atoms with Crippen LogP contribution in [0.3, 0.4) is 0 Å². The SMILES string of the molecule is COc1ccc(C(C)NCC(CC(C)C)N(C)C)c(O)c1. The Hall–Kier alpha value is -1.26. The molecule has 1 aromatic carbocycles. The van der Waals surface area contributed by atoms with Crippen LogP contribution in [-0.4, -0.2) is 43.8 Å². The van der Waals surface area contributed by atoms with Gasteiger partial charge in [-0.1, -0.05) is 19.9 Å². The molecule has 2 unspecified atom stereocenters. The quantitative estimate of drug-likeness (QED) is 0.773. The van der Waals surface area contributed by atoms with Crippen molar-refractivity contribution in [2.75, 3.05) is 27.7 Å². The van der Waals surface area contributed by atoms with Gasteiger partial charge in [-0.3, -0.25) is 0 Å². The van der Waals surface area contributed by atoms with Gasteiger partial charge in [-0.15, -0.1) is 0 Å². The van der Waals surface area contributed by atoms with E-state index >= 15 is 0 Å². The summed E-state index contributed by atoms with van der Waals surface area (Å²) in [6.45, 7) is 7.46.